The molecule has 1 aliphatic rings. The molecule has 0 aliphatic heterocycles. The lowest BCUT2D eigenvalue weighted by molar-refractivity contribution is -0.124. The first-order valence-corrected chi connectivity index (χ1v) is 7.85. The summed E-state index contributed by atoms with van der Waals surface area (Å²) in [5, 5.41) is 9.12. The molecule has 0 radical (unpaired) electrons. The van der Waals surface area contributed by atoms with E-state index in [0.717, 1.165) is 0 Å². The SMILES string of the molecule is CN(CC[C@@H]1C=C(C#N)C(=O)C(C)(C)C1)C(=O)c1ccc(=O)[nH]c1. The van der Waals surface area contributed by atoms with Crippen LogP contribution in [0.2, 0.25) is 0 Å². The summed E-state index contributed by atoms with van der Waals surface area (Å²) in [6, 6.07) is 4.79. The zero-order valence-electron chi connectivity index (χ0n) is 14.1. The molecule has 2 rings (SSSR count). The molecule has 6 nitrogen and oxygen atoms in total. The molecule has 1 atom stereocenters. The average molecular weight is 327 g/mol. The Hall–Kier alpha value is -2.68. The van der Waals surface area contributed by atoms with Crippen LogP contribution in [0, 0.1) is 22.7 Å². The number of pyridine rings is 1. The lowest BCUT2D eigenvalue weighted by atomic mass is 9.71. The maximum Gasteiger partial charge on any atom is 0.255 e. The van der Waals surface area contributed by atoms with Gasteiger partial charge in [0.05, 0.1) is 11.1 Å². The van der Waals surface area contributed by atoms with E-state index >= 15 is 0 Å². The largest absolute Gasteiger partial charge is 0.342 e. The summed E-state index contributed by atoms with van der Waals surface area (Å²) in [5.41, 5.74) is -0.167. The molecule has 0 fully saturated rings. The molecule has 1 aromatic heterocycles. The van der Waals surface area contributed by atoms with Crippen molar-refractivity contribution in [1.82, 2.24) is 9.88 Å². The Morgan fingerprint density at radius 2 is 2.12 bits per heavy atom. The van der Waals surface area contributed by atoms with Gasteiger partial charge in [-0.25, -0.2) is 0 Å². The van der Waals surface area contributed by atoms with Gasteiger partial charge in [-0.3, -0.25) is 14.4 Å². The molecule has 1 aromatic rings. The Morgan fingerprint density at radius 1 is 1.42 bits per heavy atom. The Labute approximate surface area is 140 Å². The van der Waals surface area contributed by atoms with Crippen molar-refractivity contribution < 1.29 is 9.59 Å². The number of carbonyl (C=O) groups excluding carboxylic acids is 2. The molecule has 0 unspecified atom stereocenters. The number of nitrogens with one attached hydrogen (secondary N) is 1. The fourth-order valence-corrected chi connectivity index (χ4v) is 2.98. The first kappa shape index (κ1) is 17.7. The zero-order chi connectivity index (χ0) is 17.9. The third-order valence-electron chi connectivity index (χ3n) is 4.37. The minimum absolute atomic E-state index is 0.0816. The van der Waals surface area contributed by atoms with Crippen molar-refractivity contribution >= 4 is 11.7 Å². The zero-order valence-corrected chi connectivity index (χ0v) is 14.1. The number of hydrogen-bond acceptors (Lipinski definition) is 4. The van der Waals surface area contributed by atoms with E-state index in [-0.39, 0.29) is 28.7 Å². The van der Waals surface area contributed by atoms with Crippen LogP contribution < -0.4 is 5.56 Å². The van der Waals surface area contributed by atoms with Crippen LogP contribution in [0.25, 0.3) is 0 Å². The number of H-pyrrole nitrogens is 1. The van der Waals surface area contributed by atoms with Crippen molar-refractivity contribution in [2.24, 2.45) is 11.3 Å². The number of Topliss-reactive ketones (excluding diaryl/α,β-unsaturated/α-hetero) is 1. The number of aromatic amines is 1. The van der Waals surface area contributed by atoms with Crippen LogP contribution in [0.1, 0.15) is 37.0 Å². The van der Waals surface area contributed by atoms with Gasteiger partial charge in [-0.2, -0.15) is 5.26 Å². The molecule has 1 heterocycles. The van der Waals surface area contributed by atoms with E-state index in [1.807, 2.05) is 19.9 Å². The van der Waals surface area contributed by atoms with Gasteiger partial charge in [-0.15, -0.1) is 0 Å². The van der Waals surface area contributed by atoms with Gasteiger partial charge in [0.1, 0.15) is 6.07 Å². The standard InChI is InChI=1S/C18H21N3O3/c1-18(2)9-12(8-14(10-19)16(18)23)6-7-21(3)17(24)13-4-5-15(22)20-11-13/h4-5,8,11-12H,6-7,9H2,1-3H3,(H,20,22)/t12-/m1/s1. The molecular formula is C18H21N3O3. The second kappa shape index (κ2) is 6.83. The highest BCUT2D eigenvalue weighted by atomic mass is 16.2. The second-order valence-electron chi connectivity index (χ2n) is 6.83. The van der Waals surface area contributed by atoms with E-state index in [2.05, 4.69) is 4.98 Å². The second-order valence-corrected chi connectivity index (χ2v) is 6.83. The smallest absolute Gasteiger partial charge is 0.255 e. The lowest BCUT2D eigenvalue weighted by Gasteiger charge is -2.32. The number of aromatic nitrogens is 1. The van der Waals surface area contributed by atoms with E-state index in [0.29, 0.717) is 24.9 Å². The van der Waals surface area contributed by atoms with Crippen LogP contribution in [-0.2, 0) is 4.79 Å². The predicted octanol–water partition coefficient (Wildman–Crippen LogP) is 1.90. The van der Waals surface area contributed by atoms with Gasteiger partial charge in [-0.1, -0.05) is 19.9 Å². The molecule has 1 N–H and O–H groups in total. The first-order chi connectivity index (χ1) is 11.2. The number of hydrogen-bond donors (Lipinski definition) is 1. The van der Waals surface area contributed by atoms with Gasteiger partial charge < -0.3 is 9.88 Å². The molecule has 1 aliphatic carbocycles. The van der Waals surface area contributed by atoms with Crippen molar-refractivity contribution in [2.75, 3.05) is 13.6 Å². The summed E-state index contributed by atoms with van der Waals surface area (Å²) in [6.07, 6.45) is 4.47. The minimum Gasteiger partial charge on any atom is -0.342 e. The fraction of sp³-hybridized carbons (Fsp3) is 0.444. The minimum atomic E-state index is -0.550. The number of nitrogens with zero attached hydrogens (tertiary/aromatic N) is 2. The molecular weight excluding hydrogens is 306 g/mol. The van der Waals surface area contributed by atoms with Crippen molar-refractivity contribution in [3.05, 3.63) is 45.9 Å². The number of carbonyl (C=O) groups is 2. The van der Waals surface area contributed by atoms with Crippen LogP contribution in [0.4, 0.5) is 0 Å². The van der Waals surface area contributed by atoms with E-state index < -0.39 is 5.41 Å². The van der Waals surface area contributed by atoms with Gasteiger partial charge in [0.2, 0.25) is 5.56 Å². The summed E-state index contributed by atoms with van der Waals surface area (Å²) < 4.78 is 0. The number of allylic oxidation sites excluding steroid dienone is 2. The summed E-state index contributed by atoms with van der Waals surface area (Å²) in [7, 11) is 1.70. The van der Waals surface area contributed by atoms with Crippen LogP contribution in [0.5, 0.6) is 0 Å². The molecule has 6 heteroatoms. The molecule has 126 valence electrons. The lowest BCUT2D eigenvalue weighted by Crippen LogP contribution is -2.34. The van der Waals surface area contributed by atoms with Crippen molar-refractivity contribution in [1.29, 1.82) is 5.26 Å². The maximum absolute atomic E-state index is 12.3. The highest BCUT2D eigenvalue weighted by molar-refractivity contribution is 6.03. The molecule has 1 amide bonds. The number of ketones is 1. The van der Waals surface area contributed by atoms with E-state index in [9.17, 15) is 14.4 Å². The van der Waals surface area contributed by atoms with Crippen molar-refractivity contribution in [2.45, 2.75) is 26.7 Å². The Morgan fingerprint density at radius 3 is 2.71 bits per heavy atom. The number of nitriles is 1. The summed E-state index contributed by atoms with van der Waals surface area (Å²) in [5.74, 6) is -0.209. The van der Waals surface area contributed by atoms with E-state index in [1.54, 1.807) is 18.0 Å². The average Bonchev–Trinajstić information content (AvgIpc) is 2.55. The molecule has 0 aromatic carbocycles. The summed E-state index contributed by atoms with van der Waals surface area (Å²) in [4.78, 5) is 39.5. The highest BCUT2D eigenvalue weighted by Gasteiger charge is 2.36. The van der Waals surface area contributed by atoms with Gasteiger partial charge >= 0.3 is 0 Å². The fourth-order valence-electron chi connectivity index (χ4n) is 2.98. The highest BCUT2D eigenvalue weighted by Crippen LogP contribution is 2.36. The molecule has 0 saturated heterocycles. The third kappa shape index (κ3) is 3.80. The summed E-state index contributed by atoms with van der Waals surface area (Å²) in [6.45, 7) is 4.20. The maximum atomic E-state index is 12.3. The monoisotopic (exact) mass is 327 g/mol. The van der Waals surface area contributed by atoms with Gasteiger partial charge in [0.15, 0.2) is 5.78 Å². The van der Waals surface area contributed by atoms with E-state index in [4.69, 9.17) is 5.26 Å². The van der Waals surface area contributed by atoms with Crippen LogP contribution in [0.3, 0.4) is 0 Å². The number of rotatable bonds is 4. The van der Waals surface area contributed by atoms with Gasteiger partial charge in [0.25, 0.3) is 5.91 Å². The molecule has 0 saturated carbocycles. The molecule has 0 spiro atoms. The topological polar surface area (TPSA) is 94.0 Å². The first-order valence-electron chi connectivity index (χ1n) is 7.85. The normalized spacial score (nSPS) is 19.3. The van der Waals surface area contributed by atoms with Crippen LogP contribution in [0.15, 0.2) is 34.8 Å². The van der Waals surface area contributed by atoms with Gasteiger partial charge in [-0.05, 0) is 24.8 Å². The van der Waals surface area contributed by atoms with Crippen LogP contribution >= 0.6 is 0 Å². The quantitative estimate of drug-likeness (QED) is 0.914. The van der Waals surface area contributed by atoms with Crippen molar-refractivity contribution in [3.63, 3.8) is 0 Å². The Bertz CT molecular complexity index is 763. The number of amides is 1. The van der Waals surface area contributed by atoms with E-state index in [1.165, 1.54) is 18.3 Å². The third-order valence-corrected chi connectivity index (χ3v) is 4.37. The predicted molar refractivity (Wildman–Crippen MR) is 89.2 cm³/mol. The Kier molecular flexibility index (Phi) is 5.03. The molecule has 0 bridgehead atoms. The Balaban J connectivity index is 2.02. The van der Waals surface area contributed by atoms with Crippen LogP contribution in [-0.4, -0.2) is 35.2 Å². The van der Waals surface area contributed by atoms with Crippen molar-refractivity contribution in [3.8, 4) is 6.07 Å². The van der Waals surface area contributed by atoms with Gasteiger partial charge in [0, 0.05) is 31.3 Å². The summed E-state index contributed by atoms with van der Waals surface area (Å²) >= 11 is 0. The molecule has 24 heavy (non-hydrogen) atoms.